The van der Waals surface area contributed by atoms with Crippen molar-refractivity contribution in [2.45, 2.75) is 56.3 Å². The summed E-state index contributed by atoms with van der Waals surface area (Å²) in [4.78, 5) is 12.8. The van der Waals surface area contributed by atoms with Crippen molar-refractivity contribution in [3.63, 3.8) is 0 Å². The maximum atomic E-state index is 12.8. The fourth-order valence-corrected chi connectivity index (χ4v) is 4.35. The molecule has 1 heterocycles. The molecule has 30 heavy (non-hydrogen) atoms. The van der Waals surface area contributed by atoms with Crippen LogP contribution in [0.5, 0.6) is 0 Å². The molecule has 0 radical (unpaired) electrons. The zero-order valence-corrected chi connectivity index (χ0v) is 18.4. The van der Waals surface area contributed by atoms with E-state index in [4.69, 9.17) is 0 Å². The molecule has 1 atom stereocenters. The van der Waals surface area contributed by atoms with Gasteiger partial charge in [0.05, 0.1) is 17.8 Å². The molecule has 1 unspecified atom stereocenters. The Morgan fingerprint density at radius 1 is 1.10 bits per heavy atom. The molecule has 2 aromatic carbocycles. The third kappa shape index (κ3) is 4.75. The first-order chi connectivity index (χ1) is 14.6. The molecule has 1 saturated carbocycles. The molecule has 4 rings (SSSR count). The van der Waals surface area contributed by atoms with Crippen LogP contribution in [0.3, 0.4) is 0 Å². The lowest BCUT2D eigenvalue weighted by Gasteiger charge is -2.30. The summed E-state index contributed by atoms with van der Waals surface area (Å²) in [6.45, 7) is 4.91. The van der Waals surface area contributed by atoms with Gasteiger partial charge < -0.3 is 9.88 Å². The molecule has 156 valence electrons. The summed E-state index contributed by atoms with van der Waals surface area (Å²) in [5, 5.41) is 12.9. The Morgan fingerprint density at radius 2 is 1.77 bits per heavy atom. The molecule has 0 aliphatic heterocycles. The maximum Gasteiger partial charge on any atom is 0.231 e. The van der Waals surface area contributed by atoms with Crippen LogP contribution in [0.2, 0.25) is 0 Å². The molecule has 0 bridgehead atoms. The summed E-state index contributed by atoms with van der Waals surface area (Å²) in [6, 6.07) is 20.5. The smallest absolute Gasteiger partial charge is 0.231 e. The fourth-order valence-electron chi connectivity index (χ4n) is 3.61. The van der Waals surface area contributed by atoms with Crippen LogP contribution in [0.25, 0.3) is 0 Å². The summed E-state index contributed by atoms with van der Waals surface area (Å²) >= 11 is 1.46. The van der Waals surface area contributed by atoms with Crippen LogP contribution in [0.1, 0.15) is 56.0 Å². The number of benzene rings is 2. The number of carbonyl (C=O) groups is 1. The third-order valence-corrected chi connectivity index (χ3v) is 6.70. The van der Waals surface area contributed by atoms with Crippen LogP contribution < -0.4 is 5.32 Å². The normalized spacial score (nSPS) is 15.5. The summed E-state index contributed by atoms with van der Waals surface area (Å²) in [5.41, 5.74) is 1.96. The molecule has 6 heteroatoms. The Kier molecular flexibility index (Phi) is 6.23. The van der Waals surface area contributed by atoms with Crippen molar-refractivity contribution in [1.29, 1.82) is 0 Å². The molecule has 3 aromatic rings. The first-order valence-electron chi connectivity index (χ1n) is 10.6. The van der Waals surface area contributed by atoms with Gasteiger partial charge in [-0.3, -0.25) is 4.79 Å². The Morgan fingerprint density at radius 3 is 2.40 bits per heavy atom. The van der Waals surface area contributed by atoms with Crippen LogP contribution in [-0.2, 0) is 16.9 Å². The Bertz CT molecular complexity index is 985. The monoisotopic (exact) mass is 420 g/mol. The summed E-state index contributed by atoms with van der Waals surface area (Å²) in [7, 11) is 0. The second kappa shape index (κ2) is 9.04. The average molecular weight is 421 g/mol. The van der Waals surface area contributed by atoms with E-state index >= 15 is 0 Å². The van der Waals surface area contributed by atoms with E-state index in [1.54, 1.807) is 0 Å². The standard InChI is InChI=1S/C24H28N4OS/c1-3-24(2,20-12-8-5-9-13-20)25-21(29)17-30-23-27-26-22(19-14-15-19)28(23)16-18-10-6-4-7-11-18/h4-13,19H,3,14-17H2,1-2H3,(H,25,29). The molecule has 1 aliphatic carbocycles. The van der Waals surface area contributed by atoms with Gasteiger partial charge in [-0.1, -0.05) is 79.3 Å². The number of rotatable bonds is 9. The largest absolute Gasteiger partial charge is 0.346 e. The number of nitrogens with one attached hydrogen (secondary N) is 1. The minimum Gasteiger partial charge on any atom is -0.346 e. The van der Waals surface area contributed by atoms with Gasteiger partial charge in [-0.25, -0.2) is 0 Å². The van der Waals surface area contributed by atoms with Crippen molar-refractivity contribution in [3.8, 4) is 0 Å². The van der Waals surface area contributed by atoms with Gasteiger partial charge in [0.25, 0.3) is 0 Å². The van der Waals surface area contributed by atoms with E-state index < -0.39 is 0 Å². The minimum absolute atomic E-state index is 0.00966. The SMILES string of the molecule is CCC(C)(NC(=O)CSc1nnc(C2CC2)n1Cc1ccccc1)c1ccccc1. The molecular formula is C24H28N4OS. The van der Waals surface area contributed by atoms with Gasteiger partial charge >= 0.3 is 0 Å². The van der Waals surface area contributed by atoms with Crippen LogP contribution in [-0.4, -0.2) is 26.4 Å². The van der Waals surface area contributed by atoms with Gasteiger partial charge in [-0.2, -0.15) is 0 Å². The molecule has 0 saturated heterocycles. The van der Waals surface area contributed by atoms with Gasteiger partial charge in [0, 0.05) is 5.92 Å². The van der Waals surface area contributed by atoms with Gasteiger partial charge in [-0.15, -0.1) is 10.2 Å². The molecule has 1 amide bonds. The summed E-state index contributed by atoms with van der Waals surface area (Å²) < 4.78 is 2.18. The number of thioether (sulfide) groups is 1. The van der Waals surface area contributed by atoms with E-state index in [1.807, 2.05) is 36.4 Å². The molecule has 1 aromatic heterocycles. The zero-order valence-electron chi connectivity index (χ0n) is 17.5. The highest BCUT2D eigenvalue weighted by molar-refractivity contribution is 7.99. The van der Waals surface area contributed by atoms with Gasteiger partial charge in [-0.05, 0) is 37.3 Å². The topological polar surface area (TPSA) is 59.8 Å². The Balaban J connectivity index is 1.45. The lowest BCUT2D eigenvalue weighted by molar-refractivity contribution is -0.120. The van der Waals surface area contributed by atoms with Gasteiger partial charge in [0.2, 0.25) is 5.91 Å². The van der Waals surface area contributed by atoms with Crippen LogP contribution in [0, 0.1) is 0 Å². The summed E-state index contributed by atoms with van der Waals surface area (Å²) in [5.74, 6) is 1.88. The number of amides is 1. The Labute approximate surface area is 182 Å². The van der Waals surface area contributed by atoms with Crippen molar-refractivity contribution in [3.05, 3.63) is 77.6 Å². The molecule has 0 spiro atoms. The molecular weight excluding hydrogens is 392 g/mol. The molecule has 5 nitrogen and oxygen atoms in total. The van der Waals surface area contributed by atoms with Crippen molar-refractivity contribution >= 4 is 17.7 Å². The van der Waals surface area contributed by atoms with Crippen LogP contribution in [0.15, 0.2) is 65.8 Å². The number of aromatic nitrogens is 3. The van der Waals surface area contributed by atoms with Crippen molar-refractivity contribution < 1.29 is 4.79 Å². The first-order valence-corrected chi connectivity index (χ1v) is 11.5. The van der Waals surface area contributed by atoms with Gasteiger partial charge in [0.15, 0.2) is 5.16 Å². The van der Waals surface area contributed by atoms with E-state index in [-0.39, 0.29) is 11.4 Å². The first kappa shape index (κ1) is 20.7. The quantitative estimate of drug-likeness (QED) is 0.508. The molecule has 1 N–H and O–H groups in total. The predicted octanol–water partition coefficient (Wildman–Crippen LogP) is 4.74. The zero-order chi connectivity index (χ0) is 21.0. The van der Waals surface area contributed by atoms with E-state index in [0.29, 0.717) is 11.7 Å². The number of hydrogen-bond donors (Lipinski definition) is 1. The second-order valence-corrected chi connectivity index (χ2v) is 9.02. The van der Waals surface area contributed by atoms with Crippen molar-refractivity contribution in [2.75, 3.05) is 5.75 Å². The fraction of sp³-hybridized carbons (Fsp3) is 0.375. The molecule has 1 fully saturated rings. The number of nitrogens with zero attached hydrogens (tertiary/aromatic N) is 3. The summed E-state index contributed by atoms with van der Waals surface area (Å²) in [6.07, 6.45) is 3.16. The lowest BCUT2D eigenvalue weighted by atomic mass is 9.89. The third-order valence-electron chi connectivity index (χ3n) is 5.74. The number of hydrogen-bond acceptors (Lipinski definition) is 4. The highest BCUT2D eigenvalue weighted by Crippen LogP contribution is 2.40. The van der Waals surface area contributed by atoms with E-state index in [0.717, 1.165) is 29.5 Å². The lowest BCUT2D eigenvalue weighted by Crippen LogP contribution is -2.43. The van der Waals surface area contributed by atoms with Crippen molar-refractivity contribution in [1.82, 2.24) is 20.1 Å². The average Bonchev–Trinajstić information content (AvgIpc) is 3.55. The van der Waals surface area contributed by atoms with E-state index in [2.05, 4.69) is 58.2 Å². The number of carbonyl (C=O) groups excluding carboxylic acids is 1. The second-order valence-electron chi connectivity index (χ2n) is 8.08. The van der Waals surface area contributed by atoms with Crippen molar-refractivity contribution in [2.24, 2.45) is 0 Å². The predicted molar refractivity (Wildman–Crippen MR) is 120 cm³/mol. The van der Waals surface area contributed by atoms with Crippen LogP contribution >= 0.6 is 11.8 Å². The van der Waals surface area contributed by atoms with Crippen LogP contribution in [0.4, 0.5) is 0 Å². The highest BCUT2D eigenvalue weighted by atomic mass is 32.2. The minimum atomic E-state index is -0.379. The van der Waals surface area contributed by atoms with E-state index in [9.17, 15) is 4.79 Å². The Hall–Kier alpha value is -2.60. The van der Waals surface area contributed by atoms with E-state index in [1.165, 1.54) is 30.2 Å². The van der Waals surface area contributed by atoms with Gasteiger partial charge in [0.1, 0.15) is 5.82 Å². The maximum absolute atomic E-state index is 12.8. The molecule has 1 aliphatic rings. The highest BCUT2D eigenvalue weighted by Gasteiger charge is 2.31.